The van der Waals surface area contributed by atoms with Gasteiger partial charge in [-0.15, -0.1) is 0 Å². The number of phenolic OH excluding ortho intramolecular Hbond substituents is 1. The maximum atomic E-state index is 12.7. The lowest BCUT2D eigenvalue weighted by atomic mass is 10.1. The summed E-state index contributed by atoms with van der Waals surface area (Å²) in [5, 5.41) is 22.3. The number of aliphatic hydroxyl groups is 1. The summed E-state index contributed by atoms with van der Waals surface area (Å²) < 4.78 is 25.3. The summed E-state index contributed by atoms with van der Waals surface area (Å²) >= 11 is 0. The van der Waals surface area contributed by atoms with Crippen molar-refractivity contribution in [2.45, 2.75) is 28.8 Å². The number of aliphatic hydroxyl groups excluding tert-OH is 1. The molecule has 0 aliphatic carbocycles. The van der Waals surface area contributed by atoms with Gasteiger partial charge >= 0.3 is 0 Å². The van der Waals surface area contributed by atoms with Crippen LogP contribution in [0.2, 0.25) is 0 Å². The lowest BCUT2D eigenvalue weighted by molar-refractivity contribution is 0.241. The van der Waals surface area contributed by atoms with E-state index in [-0.39, 0.29) is 28.2 Å². The van der Waals surface area contributed by atoms with Crippen molar-refractivity contribution >= 4 is 9.84 Å². The van der Waals surface area contributed by atoms with Crippen molar-refractivity contribution in [3.63, 3.8) is 0 Å². The van der Waals surface area contributed by atoms with E-state index in [9.17, 15) is 18.6 Å². The Kier molecular flexibility index (Phi) is 6.46. The number of hydrogen-bond acceptors (Lipinski definition) is 5. The molecule has 0 amide bonds. The van der Waals surface area contributed by atoms with Gasteiger partial charge < -0.3 is 15.5 Å². The maximum Gasteiger partial charge on any atom is 0.206 e. The molecular formula is C22H23NO4S. The molecule has 0 bridgehead atoms. The Morgan fingerprint density at radius 1 is 0.786 bits per heavy atom. The van der Waals surface area contributed by atoms with Gasteiger partial charge in [0.15, 0.2) is 0 Å². The van der Waals surface area contributed by atoms with Crippen LogP contribution in [0, 0.1) is 0 Å². The predicted molar refractivity (Wildman–Crippen MR) is 108 cm³/mol. The molecule has 0 unspecified atom stereocenters. The zero-order valence-corrected chi connectivity index (χ0v) is 16.1. The molecule has 28 heavy (non-hydrogen) atoms. The third kappa shape index (κ3) is 4.98. The van der Waals surface area contributed by atoms with E-state index in [0.29, 0.717) is 13.0 Å². The minimum atomic E-state index is -3.63. The first kappa shape index (κ1) is 20.1. The fourth-order valence-electron chi connectivity index (χ4n) is 2.91. The zero-order chi connectivity index (χ0) is 20.0. The number of hydrogen-bond donors (Lipinski definition) is 3. The Hall–Kier alpha value is -2.67. The Labute approximate surface area is 165 Å². The van der Waals surface area contributed by atoms with E-state index < -0.39 is 9.84 Å². The molecule has 0 heterocycles. The third-order valence-electron chi connectivity index (χ3n) is 4.52. The molecule has 3 aromatic rings. The Balaban J connectivity index is 1.66. The number of nitrogens with one attached hydrogen (secondary N) is 1. The summed E-state index contributed by atoms with van der Waals surface area (Å²) in [5.74, 6) is 0.0207. The molecule has 3 aromatic carbocycles. The van der Waals surface area contributed by atoms with Gasteiger partial charge in [-0.25, -0.2) is 8.42 Å². The average Bonchev–Trinajstić information content (AvgIpc) is 2.72. The molecule has 0 aliphatic heterocycles. The molecule has 0 radical (unpaired) electrons. The molecule has 5 nitrogen and oxygen atoms in total. The standard InChI is InChI=1S/C22H23NO4S/c24-16-19(23-15-18-4-2-1-3-5-18)14-17-6-10-21(11-7-17)28(26,27)22-12-8-20(25)9-13-22/h1-13,19,23-25H,14-16H2/t19-/m0/s1. The highest BCUT2D eigenvalue weighted by molar-refractivity contribution is 7.91. The van der Waals surface area contributed by atoms with Crippen molar-refractivity contribution in [2.75, 3.05) is 6.61 Å². The van der Waals surface area contributed by atoms with Crippen molar-refractivity contribution in [3.8, 4) is 5.75 Å². The van der Waals surface area contributed by atoms with Gasteiger partial charge in [0.2, 0.25) is 9.84 Å². The van der Waals surface area contributed by atoms with Gasteiger partial charge in [0.05, 0.1) is 16.4 Å². The normalized spacial score (nSPS) is 12.6. The highest BCUT2D eigenvalue weighted by Gasteiger charge is 2.18. The second kappa shape index (κ2) is 9.01. The number of phenols is 1. The van der Waals surface area contributed by atoms with Gasteiger partial charge in [0.25, 0.3) is 0 Å². The van der Waals surface area contributed by atoms with Crippen LogP contribution in [-0.2, 0) is 22.8 Å². The molecular weight excluding hydrogens is 374 g/mol. The van der Waals surface area contributed by atoms with Crippen LogP contribution in [0.3, 0.4) is 0 Å². The van der Waals surface area contributed by atoms with E-state index >= 15 is 0 Å². The minimum absolute atomic E-state index is 0.0135. The van der Waals surface area contributed by atoms with Gasteiger partial charge in [0, 0.05) is 12.6 Å². The summed E-state index contributed by atoms with van der Waals surface area (Å²) in [6.07, 6.45) is 0.586. The monoisotopic (exact) mass is 397 g/mol. The van der Waals surface area contributed by atoms with Crippen molar-refractivity contribution in [3.05, 3.63) is 90.0 Å². The number of aromatic hydroxyl groups is 1. The smallest absolute Gasteiger partial charge is 0.206 e. The SMILES string of the molecule is O=S(=O)(c1ccc(O)cc1)c1ccc(C[C@@H](CO)NCc2ccccc2)cc1. The van der Waals surface area contributed by atoms with Crippen LogP contribution < -0.4 is 5.32 Å². The highest BCUT2D eigenvalue weighted by Crippen LogP contribution is 2.23. The molecule has 1 atom stereocenters. The van der Waals surface area contributed by atoms with Crippen LogP contribution >= 0.6 is 0 Å². The summed E-state index contributed by atoms with van der Waals surface area (Å²) in [6, 6.07) is 22.0. The second-order valence-electron chi connectivity index (χ2n) is 6.59. The van der Waals surface area contributed by atoms with Crippen molar-refractivity contribution in [2.24, 2.45) is 0 Å². The van der Waals surface area contributed by atoms with E-state index in [0.717, 1.165) is 11.1 Å². The first-order chi connectivity index (χ1) is 13.5. The molecule has 0 saturated carbocycles. The maximum absolute atomic E-state index is 12.7. The summed E-state index contributed by atoms with van der Waals surface area (Å²) in [7, 11) is -3.63. The lowest BCUT2D eigenvalue weighted by Crippen LogP contribution is -2.34. The van der Waals surface area contributed by atoms with Crippen molar-refractivity contribution in [1.29, 1.82) is 0 Å². The Morgan fingerprint density at radius 2 is 1.36 bits per heavy atom. The first-order valence-corrected chi connectivity index (χ1v) is 10.5. The molecule has 6 heteroatoms. The van der Waals surface area contributed by atoms with Crippen LogP contribution in [0.15, 0.2) is 88.7 Å². The second-order valence-corrected chi connectivity index (χ2v) is 8.54. The van der Waals surface area contributed by atoms with Gasteiger partial charge in [-0.05, 0) is 53.9 Å². The Bertz CT molecular complexity index is 985. The number of sulfone groups is 1. The average molecular weight is 397 g/mol. The predicted octanol–water partition coefficient (Wildman–Crippen LogP) is 2.92. The molecule has 0 aromatic heterocycles. The van der Waals surface area contributed by atoms with Crippen LogP contribution in [0.1, 0.15) is 11.1 Å². The molecule has 146 valence electrons. The molecule has 0 aliphatic rings. The van der Waals surface area contributed by atoms with Gasteiger partial charge in [-0.2, -0.15) is 0 Å². The minimum Gasteiger partial charge on any atom is -0.508 e. The largest absolute Gasteiger partial charge is 0.508 e. The third-order valence-corrected chi connectivity index (χ3v) is 6.31. The van der Waals surface area contributed by atoms with E-state index in [2.05, 4.69) is 5.32 Å². The lowest BCUT2D eigenvalue weighted by Gasteiger charge is -2.17. The van der Waals surface area contributed by atoms with Crippen LogP contribution in [0.4, 0.5) is 0 Å². The van der Waals surface area contributed by atoms with Crippen molar-refractivity contribution in [1.82, 2.24) is 5.32 Å². The van der Waals surface area contributed by atoms with Gasteiger partial charge in [-0.1, -0.05) is 42.5 Å². The van der Waals surface area contributed by atoms with Crippen LogP contribution in [0.25, 0.3) is 0 Å². The van der Waals surface area contributed by atoms with Crippen LogP contribution in [-0.4, -0.2) is 31.3 Å². The molecule has 0 saturated heterocycles. The fourth-order valence-corrected chi connectivity index (χ4v) is 4.17. The molecule has 0 fully saturated rings. The summed E-state index contributed by atoms with van der Waals surface area (Å²) in [6.45, 7) is 0.639. The molecule has 3 rings (SSSR count). The first-order valence-electron chi connectivity index (χ1n) is 9.00. The van der Waals surface area contributed by atoms with E-state index in [1.807, 2.05) is 30.3 Å². The summed E-state index contributed by atoms with van der Waals surface area (Å²) in [5.41, 5.74) is 2.07. The highest BCUT2D eigenvalue weighted by atomic mass is 32.2. The van der Waals surface area contributed by atoms with Gasteiger partial charge in [-0.3, -0.25) is 0 Å². The van der Waals surface area contributed by atoms with Gasteiger partial charge in [0.1, 0.15) is 5.75 Å². The number of benzene rings is 3. The quantitative estimate of drug-likeness (QED) is 0.544. The van der Waals surface area contributed by atoms with Crippen molar-refractivity contribution < 1.29 is 18.6 Å². The molecule has 3 N–H and O–H groups in total. The zero-order valence-electron chi connectivity index (χ0n) is 15.3. The summed E-state index contributed by atoms with van der Waals surface area (Å²) in [4.78, 5) is 0.329. The molecule has 0 spiro atoms. The Morgan fingerprint density at radius 3 is 1.93 bits per heavy atom. The van der Waals surface area contributed by atoms with E-state index in [1.165, 1.54) is 24.3 Å². The topological polar surface area (TPSA) is 86.6 Å². The van der Waals surface area contributed by atoms with Crippen LogP contribution in [0.5, 0.6) is 5.75 Å². The fraction of sp³-hybridized carbons (Fsp3) is 0.182. The van der Waals surface area contributed by atoms with E-state index in [4.69, 9.17) is 0 Å². The van der Waals surface area contributed by atoms with E-state index in [1.54, 1.807) is 24.3 Å². The number of rotatable bonds is 8.